The van der Waals surface area contributed by atoms with Gasteiger partial charge in [0.25, 0.3) is 0 Å². The lowest BCUT2D eigenvalue weighted by Gasteiger charge is -2.18. The first kappa shape index (κ1) is 14.4. The molecule has 2 rings (SSSR count). The molecule has 0 radical (unpaired) electrons. The van der Waals surface area contributed by atoms with E-state index in [-0.39, 0.29) is 6.04 Å². The Morgan fingerprint density at radius 1 is 1.30 bits per heavy atom. The second-order valence-corrected chi connectivity index (χ2v) is 4.93. The maximum Gasteiger partial charge on any atom is 0.328 e. The molecule has 0 aliphatic rings. The van der Waals surface area contributed by atoms with Gasteiger partial charge in [0, 0.05) is 17.1 Å². The highest BCUT2D eigenvalue weighted by Gasteiger charge is 2.24. The molecule has 1 aromatic heterocycles. The molecule has 0 bridgehead atoms. The van der Waals surface area contributed by atoms with Gasteiger partial charge in [-0.05, 0) is 26.0 Å². The minimum atomic E-state index is -0.806. The Labute approximate surface area is 118 Å². The summed E-state index contributed by atoms with van der Waals surface area (Å²) in [6.45, 7) is 4.08. The maximum atomic E-state index is 11.7. The van der Waals surface area contributed by atoms with Crippen molar-refractivity contribution in [3.8, 4) is 5.75 Å². The van der Waals surface area contributed by atoms with Crippen molar-refractivity contribution in [1.29, 1.82) is 0 Å². The average molecular weight is 276 g/mol. The van der Waals surface area contributed by atoms with Crippen LogP contribution in [0.3, 0.4) is 0 Å². The lowest BCUT2D eigenvalue weighted by Crippen LogP contribution is -2.25. The number of hydrogen-bond acceptors (Lipinski definition) is 4. The zero-order valence-corrected chi connectivity index (χ0v) is 12.2. The molecule has 0 amide bonds. The van der Waals surface area contributed by atoms with Crippen molar-refractivity contribution in [2.24, 2.45) is 5.73 Å². The Kier molecular flexibility index (Phi) is 3.99. The van der Waals surface area contributed by atoms with E-state index in [1.807, 2.05) is 42.7 Å². The number of carbonyl (C=O) groups is 1. The number of nitrogens with two attached hydrogens (primary N) is 1. The molecule has 5 heteroatoms. The summed E-state index contributed by atoms with van der Waals surface area (Å²) >= 11 is 0. The molecule has 20 heavy (non-hydrogen) atoms. The molecule has 0 saturated heterocycles. The summed E-state index contributed by atoms with van der Waals surface area (Å²) in [5.74, 6) is 0.313. The first-order chi connectivity index (χ1) is 9.51. The maximum absolute atomic E-state index is 11.7. The zero-order valence-electron chi connectivity index (χ0n) is 12.2. The highest BCUT2D eigenvalue weighted by molar-refractivity contribution is 5.89. The van der Waals surface area contributed by atoms with Crippen LogP contribution in [-0.2, 0) is 9.53 Å². The zero-order chi connectivity index (χ0) is 14.9. The second-order valence-electron chi connectivity index (χ2n) is 4.93. The molecule has 1 atom stereocenters. The van der Waals surface area contributed by atoms with Gasteiger partial charge in [-0.25, -0.2) is 4.79 Å². The number of para-hydroxylation sites is 1. The lowest BCUT2D eigenvalue weighted by atomic mass is 10.2. The molecule has 0 spiro atoms. The van der Waals surface area contributed by atoms with E-state index in [2.05, 4.69) is 0 Å². The first-order valence-corrected chi connectivity index (χ1v) is 6.52. The van der Waals surface area contributed by atoms with Gasteiger partial charge in [-0.15, -0.1) is 0 Å². The van der Waals surface area contributed by atoms with Gasteiger partial charge in [0.1, 0.15) is 11.8 Å². The largest absolute Gasteiger partial charge is 0.495 e. The molecule has 0 fully saturated rings. The van der Waals surface area contributed by atoms with E-state index in [1.54, 1.807) is 7.11 Å². The third kappa shape index (κ3) is 2.25. The van der Waals surface area contributed by atoms with Gasteiger partial charge in [0.05, 0.1) is 19.7 Å². The molecule has 0 aliphatic carbocycles. The van der Waals surface area contributed by atoms with Crippen molar-refractivity contribution in [2.75, 3.05) is 14.2 Å². The van der Waals surface area contributed by atoms with Crippen LogP contribution in [0.4, 0.5) is 0 Å². The van der Waals surface area contributed by atoms with Crippen LogP contribution < -0.4 is 10.5 Å². The van der Waals surface area contributed by atoms with Gasteiger partial charge in [0.15, 0.2) is 0 Å². The standard InChI is InChI=1S/C15H20N2O3/c1-9(2)17-11(13(16)15(18)20-4)8-10-6-5-7-12(19-3)14(10)17/h5-9,13H,16H2,1-4H3. The molecule has 0 aliphatic heterocycles. The topological polar surface area (TPSA) is 66.5 Å². The Balaban J connectivity index is 2.72. The molecule has 0 saturated carbocycles. The lowest BCUT2D eigenvalue weighted by molar-refractivity contribution is -0.142. The van der Waals surface area contributed by atoms with Crippen molar-refractivity contribution in [2.45, 2.75) is 25.9 Å². The molecular formula is C15H20N2O3. The molecule has 5 nitrogen and oxygen atoms in total. The Morgan fingerprint density at radius 2 is 2.00 bits per heavy atom. The number of esters is 1. The van der Waals surface area contributed by atoms with E-state index in [1.165, 1.54) is 7.11 Å². The highest BCUT2D eigenvalue weighted by Crippen LogP contribution is 2.33. The van der Waals surface area contributed by atoms with Crippen LogP contribution in [0.1, 0.15) is 31.6 Å². The summed E-state index contributed by atoms with van der Waals surface area (Å²) in [5.41, 5.74) is 7.68. The summed E-state index contributed by atoms with van der Waals surface area (Å²) in [4.78, 5) is 11.7. The monoisotopic (exact) mass is 276 g/mol. The van der Waals surface area contributed by atoms with E-state index in [4.69, 9.17) is 15.2 Å². The fraction of sp³-hybridized carbons (Fsp3) is 0.400. The number of methoxy groups -OCH3 is 2. The van der Waals surface area contributed by atoms with Gasteiger partial charge in [-0.2, -0.15) is 0 Å². The summed E-state index contributed by atoms with van der Waals surface area (Å²) < 4.78 is 12.2. The number of ether oxygens (including phenoxy) is 2. The number of benzene rings is 1. The summed E-state index contributed by atoms with van der Waals surface area (Å²) in [6, 6.07) is 7.05. The molecule has 108 valence electrons. The normalized spacial score (nSPS) is 12.7. The third-order valence-corrected chi connectivity index (χ3v) is 3.36. The number of carbonyl (C=O) groups excluding carboxylic acids is 1. The first-order valence-electron chi connectivity index (χ1n) is 6.52. The van der Waals surface area contributed by atoms with Crippen molar-refractivity contribution < 1.29 is 14.3 Å². The number of rotatable bonds is 4. The predicted molar refractivity (Wildman–Crippen MR) is 77.8 cm³/mol. The number of nitrogens with zero attached hydrogens (tertiary/aromatic N) is 1. The smallest absolute Gasteiger partial charge is 0.328 e. The minimum absolute atomic E-state index is 0.148. The molecule has 2 N–H and O–H groups in total. The van der Waals surface area contributed by atoms with Crippen LogP contribution in [0.25, 0.3) is 10.9 Å². The van der Waals surface area contributed by atoms with E-state index in [0.717, 1.165) is 22.3 Å². The van der Waals surface area contributed by atoms with Crippen LogP contribution in [0.2, 0.25) is 0 Å². The molecule has 1 heterocycles. The number of fused-ring (bicyclic) bond motifs is 1. The van der Waals surface area contributed by atoms with Crippen molar-refractivity contribution in [3.63, 3.8) is 0 Å². The molecule has 1 aromatic carbocycles. The van der Waals surface area contributed by atoms with E-state index < -0.39 is 12.0 Å². The van der Waals surface area contributed by atoms with Gasteiger partial charge < -0.3 is 19.8 Å². The summed E-state index contributed by atoms with van der Waals surface area (Å²) in [6.07, 6.45) is 0. The SMILES string of the molecule is COC(=O)C(N)c1cc2cccc(OC)c2n1C(C)C. The fourth-order valence-electron chi connectivity index (χ4n) is 2.48. The van der Waals surface area contributed by atoms with Gasteiger partial charge >= 0.3 is 5.97 Å². The Bertz CT molecular complexity index is 631. The Morgan fingerprint density at radius 3 is 2.55 bits per heavy atom. The predicted octanol–water partition coefficient (Wildman–Crippen LogP) is 2.40. The van der Waals surface area contributed by atoms with Crippen LogP contribution in [0.5, 0.6) is 5.75 Å². The number of aromatic nitrogens is 1. The molecule has 2 aromatic rings. The summed E-state index contributed by atoms with van der Waals surface area (Å²) in [5, 5.41) is 0.993. The second kappa shape index (κ2) is 5.54. The van der Waals surface area contributed by atoms with E-state index in [0.29, 0.717) is 0 Å². The van der Waals surface area contributed by atoms with Crippen LogP contribution in [0.15, 0.2) is 24.3 Å². The molecule has 1 unspecified atom stereocenters. The molecular weight excluding hydrogens is 256 g/mol. The van der Waals surface area contributed by atoms with Crippen LogP contribution >= 0.6 is 0 Å². The van der Waals surface area contributed by atoms with Crippen molar-refractivity contribution >= 4 is 16.9 Å². The highest BCUT2D eigenvalue weighted by atomic mass is 16.5. The van der Waals surface area contributed by atoms with Gasteiger partial charge in [-0.1, -0.05) is 12.1 Å². The van der Waals surface area contributed by atoms with E-state index in [9.17, 15) is 4.79 Å². The van der Waals surface area contributed by atoms with Crippen LogP contribution in [0, 0.1) is 0 Å². The number of hydrogen-bond donors (Lipinski definition) is 1. The van der Waals surface area contributed by atoms with Crippen LogP contribution in [-0.4, -0.2) is 24.8 Å². The quantitative estimate of drug-likeness (QED) is 0.871. The van der Waals surface area contributed by atoms with Gasteiger partial charge in [0.2, 0.25) is 0 Å². The van der Waals surface area contributed by atoms with Crippen molar-refractivity contribution in [1.82, 2.24) is 4.57 Å². The van der Waals surface area contributed by atoms with E-state index >= 15 is 0 Å². The summed E-state index contributed by atoms with van der Waals surface area (Å²) in [7, 11) is 2.97. The van der Waals surface area contributed by atoms with Gasteiger partial charge in [-0.3, -0.25) is 0 Å². The third-order valence-electron chi connectivity index (χ3n) is 3.36. The Hall–Kier alpha value is -2.01. The fourth-order valence-corrected chi connectivity index (χ4v) is 2.48. The minimum Gasteiger partial charge on any atom is -0.495 e. The van der Waals surface area contributed by atoms with Crippen molar-refractivity contribution in [3.05, 3.63) is 30.0 Å². The average Bonchev–Trinajstić information content (AvgIpc) is 2.84.